The summed E-state index contributed by atoms with van der Waals surface area (Å²) in [7, 11) is 0. The van der Waals surface area contributed by atoms with Gasteiger partial charge in [0, 0.05) is 3.57 Å². The maximum atomic E-state index is 2.57. The first-order chi connectivity index (χ1) is 15.3. The van der Waals surface area contributed by atoms with E-state index in [1.165, 1.54) is 70.1 Å². The molecule has 0 bridgehead atoms. The van der Waals surface area contributed by atoms with E-state index < -0.39 is 0 Å². The highest BCUT2D eigenvalue weighted by atomic mass is 127. The highest BCUT2D eigenvalue weighted by Gasteiger charge is 2.33. The summed E-state index contributed by atoms with van der Waals surface area (Å²) < 4.78 is 1.44. The van der Waals surface area contributed by atoms with E-state index in [9.17, 15) is 0 Å². The van der Waals surface area contributed by atoms with Gasteiger partial charge in [-0.05, 0) is 117 Å². The molecule has 0 spiro atoms. The fraction of sp³-hybridized carbons (Fsp3) is 0.333. The minimum atomic E-state index is 0.665. The van der Waals surface area contributed by atoms with E-state index >= 15 is 0 Å². The van der Waals surface area contributed by atoms with E-state index in [0.717, 1.165) is 5.92 Å². The molecule has 0 aromatic heterocycles. The molecule has 6 rings (SSSR count). The monoisotopic (exact) mass is 516 g/mol. The first-order valence-electron chi connectivity index (χ1n) is 12.0. The van der Waals surface area contributed by atoms with Crippen LogP contribution in [0.25, 0.3) is 21.5 Å². The van der Waals surface area contributed by atoms with Crippen molar-refractivity contribution >= 4 is 44.1 Å². The van der Waals surface area contributed by atoms with Gasteiger partial charge in [0.15, 0.2) is 0 Å². The predicted molar refractivity (Wildman–Crippen MR) is 141 cm³/mol. The van der Waals surface area contributed by atoms with Crippen LogP contribution < -0.4 is 0 Å². The Hall–Kier alpha value is -1.87. The molecular formula is C30H29I. The zero-order valence-corrected chi connectivity index (χ0v) is 20.1. The molecule has 0 saturated heterocycles. The van der Waals surface area contributed by atoms with E-state index in [0.29, 0.717) is 11.8 Å². The molecule has 2 aliphatic rings. The van der Waals surface area contributed by atoms with Gasteiger partial charge in [-0.15, -0.1) is 0 Å². The second kappa shape index (κ2) is 8.24. The Labute approximate surface area is 199 Å². The van der Waals surface area contributed by atoms with Gasteiger partial charge in [-0.25, -0.2) is 0 Å². The Morgan fingerprint density at radius 1 is 0.548 bits per heavy atom. The fourth-order valence-corrected chi connectivity index (χ4v) is 7.46. The topological polar surface area (TPSA) is 0 Å². The van der Waals surface area contributed by atoms with Crippen LogP contribution in [0.15, 0.2) is 72.8 Å². The second-order valence-electron chi connectivity index (χ2n) is 9.66. The molecule has 2 atom stereocenters. The number of rotatable bonds is 3. The van der Waals surface area contributed by atoms with Crippen LogP contribution in [-0.2, 0) is 0 Å². The van der Waals surface area contributed by atoms with Gasteiger partial charge in [-0.3, -0.25) is 0 Å². The van der Waals surface area contributed by atoms with Crippen LogP contribution in [0.2, 0.25) is 0 Å². The lowest BCUT2D eigenvalue weighted by molar-refractivity contribution is 0.657. The van der Waals surface area contributed by atoms with E-state index in [2.05, 4.69) is 95.4 Å². The average molecular weight is 516 g/mol. The molecule has 31 heavy (non-hydrogen) atoms. The number of fused-ring (bicyclic) bond motifs is 2. The molecule has 0 heterocycles. The van der Waals surface area contributed by atoms with Crippen LogP contribution in [0.4, 0.5) is 0 Å². The summed E-state index contributed by atoms with van der Waals surface area (Å²) >= 11 is 2.57. The average Bonchev–Trinajstić information content (AvgIpc) is 3.51. The summed E-state index contributed by atoms with van der Waals surface area (Å²) in [5.41, 5.74) is 4.97. The van der Waals surface area contributed by atoms with Gasteiger partial charge in [0.1, 0.15) is 0 Å². The van der Waals surface area contributed by atoms with Crippen molar-refractivity contribution in [1.82, 2.24) is 0 Å². The van der Waals surface area contributed by atoms with Gasteiger partial charge < -0.3 is 0 Å². The minimum absolute atomic E-state index is 0.665. The smallest absolute Gasteiger partial charge is 0.0171 e. The maximum Gasteiger partial charge on any atom is 0.0171 e. The quantitative estimate of drug-likeness (QED) is 0.238. The summed E-state index contributed by atoms with van der Waals surface area (Å²) in [4.78, 5) is 0. The molecule has 0 aliphatic heterocycles. The summed E-state index contributed by atoms with van der Waals surface area (Å²) in [5.74, 6) is 2.12. The van der Waals surface area contributed by atoms with Crippen molar-refractivity contribution in [2.75, 3.05) is 0 Å². The molecular weight excluding hydrogens is 487 g/mol. The summed E-state index contributed by atoms with van der Waals surface area (Å²) in [6, 6.07) is 27.6. The Balaban J connectivity index is 1.43. The highest BCUT2D eigenvalue weighted by molar-refractivity contribution is 14.1. The van der Waals surface area contributed by atoms with Crippen molar-refractivity contribution < 1.29 is 0 Å². The van der Waals surface area contributed by atoms with Gasteiger partial charge >= 0.3 is 0 Å². The van der Waals surface area contributed by atoms with Gasteiger partial charge in [0.25, 0.3) is 0 Å². The van der Waals surface area contributed by atoms with E-state index in [1.807, 2.05) is 0 Å². The van der Waals surface area contributed by atoms with Crippen molar-refractivity contribution in [2.45, 2.75) is 62.7 Å². The number of hydrogen-bond donors (Lipinski definition) is 0. The normalized spacial score (nSPS) is 22.0. The third kappa shape index (κ3) is 3.50. The van der Waals surface area contributed by atoms with Crippen molar-refractivity contribution in [3.8, 4) is 0 Å². The summed E-state index contributed by atoms with van der Waals surface area (Å²) in [6.45, 7) is 0. The van der Waals surface area contributed by atoms with Crippen LogP contribution in [0.5, 0.6) is 0 Å². The lowest BCUT2D eigenvalue weighted by Gasteiger charge is -2.23. The van der Waals surface area contributed by atoms with Crippen LogP contribution >= 0.6 is 22.6 Å². The van der Waals surface area contributed by atoms with Crippen molar-refractivity contribution in [2.24, 2.45) is 0 Å². The largest absolute Gasteiger partial charge is 0.0616 e. The van der Waals surface area contributed by atoms with E-state index in [1.54, 1.807) is 16.7 Å². The Bertz CT molecular complexity index is 1250. The Morgan fingerprint density at radius 2 is 1.13 bits per heavy atom. The Kier molecular flexibility index (Phi) is 5.26. The van der Waals surface area contributed by atoms with Crippen LogP contribution in [0.3, 0.4) is 0 Å². The molecule has 4 aromatic carbocycles. The predicted octanol–water partition coefficient (Wildman–Crippen LogP) is 9.31. The van der Waals surface area contributed by atoms with Crippen LogP contribution in [0, 0.1) is 3.57 Å². The first-order valence-corrected chi connectivity index (χ1v) is 13.1. The van der Waals surface area contributed by atoms with Crippen LogP contribution in [0.1, 0.15) is 79.4 Å². The first kappa shape index (κ1) is 19.8. The maximum absolute atomic E-state index is 2.57. The number of halogens is 1. The van der Waals surface area contributed by atoms with Crippen LogP contribution in [-0.4, -0.2) is 0 Å². The highest BCUT2D eigenvalue weighted by Crippen LogP contribution is 2.50. The number of benzene rings is 4. The van der Waals surface area contributed by atoms with Gasteiger partial charge in [0.05, 0.1) is 0 Å². The molecule has 2 fully saturated rings. The van der Waals surface area contributed by atoms with E-state index in [4.69, 9.17) is 0 Å². The summed E-state index contributed by atoms with van der Waals surface area (Å²) in [6.07, 6.45) is 9.47. The zero-order chi connectivity index (χ0) is 20.8. The van der Waals surface area contributed by atoms with Crippen molar-refractivity contribution in [3.63, 3.8) is 0 Å². The lowest BCUT2D eigenvalue weighted by Crippen LogP contribution is -2.05. The molecule has 0 amide bonds. The summed E-state index contributed by atoms with van der Waals surface area (Å²) in [5, 5.41) is 5.79. The van der Waals surface area contributed by atoms with Crippen molar-refractivity contribution in [1.29, 1.82) is 0 Å². The third-order valence-electron chi connectivity index (χ3n) is 7.97. The Morgan fingerprint density at radius 3 is 1.84 bits per heavy atom. The molecule has 1 heteroatoms. The molecule has 0 nitrogen and oxygen atoms in total. The minimum Gasteiger partial charge on any atom is -0.0616 e. The molecule has 2 saturated carbocycles. The van der Waals surface area contributed by atoms with Crippen molar-refractivity contribution in [3.05, 3.63) is 93.1 Å². The van der Waals surface area contributed by atoms with Gasteiger partial charge in [-0.1, -0.05) is 79.6 Å². The van der Waals surface area contributed by atoms with E-state index in [-0.39, 0.29) is 0 Å². The molecule has 2 aliphatic carbocycles. The second-order valence-corrected chi connectivity index (χ2v) is 10.8. The lowest BCUT2D eigenvalue weighted by atomic mass is 9.81. The molecule has 0 N–H and O–H groups in total. The van der Waals surface area contributed by atoms with Gasteiger partial charge in [0.2, 0.25) is 0 Å². The number of hydrogen-bond acceptors (Lipinski definition) is 0. The SMILES string of the molecule is Ic1ccc2ccccc2c1C1CCC(c2c(C3CCCC3)ccc3ccccc23)C1. The molecule has 2 unspecified atom stereocenters. The fourth-order valence-electron chi connectivity index (χ4n) is 6.55. The molecule has 156 valence electrons. The standard InChI is InChI=1S/C30H29I/c31-28-18-16-22-10-4-6-12-26(22)30(28)24-14-13-23(19-24)29-25-11-5-3-9-21(25)15-17-27(29)20-7-1-2-8-20/h3-6,9-12,15-18,20,23-24H,1-2,7-8,13-14,19H2. The third-order valence-corrected chi connectivity index (χ3v) is 8.91. The van der Waals surface area contributed by atoms with Gasteiger partial charge in [-0.2, -0.15) is 0 Å². The molecule has 0 radical (unpaired) electrons. The molecule has 4 aromatic rings. The zero-order valence-electron chi connectivity index (χ0n) is 18.0.